The van der Waals surface area contributed by atoms with Gasteiger partial charge in [0.2, 0.25) is 0 Å². The van der Waals surface area contributed by atoms with Crippen LogP contribution >= 0.6 is 0 Å². The fourth-order valence-corrected chi connectivity index (χ4v) is 4.06. The first-order valence-corrected chi connectivity index (χ1v) is 7.20. The molecule has 0 aromatic carbocycles. The summed E-state index contributed by atoms with van der Waals surface area (Å²) in [5, 5.41) is 18.5. The molecule has 0 aliphatic heterocycles. The summed E-state index contributed by atoms with van der Waals surface area (Å²) in [7, 11) is -4.05. The molecular weight excluding hydrogens is 232 g/mol. The molecule has 6 heteroatoms. The van der Waals surface area contributed by atoms with Crippen LogP contribution in [-0.2, 0) is 10.1 Å². The minimum Gasteiger partial charge on any atom is -0.393 e. The third-order valence-corrected chi connectivity index (χ3v) is 5.23. The minimum absolute atomic E-state index is 0.0123. The highest BCUT2D eigenvalue weighted by Crippen LogP contribution is 2.42. The third kappa shape index (κ3) is 2.40. The highest BCUT2D eigenvalue weighted by Gasteiger charge is 2.43. The molecule has 0 amide bonds. The van der Waals surface area contributed by atoms with Gasteiger partial charge in [0, 0.05) is 0 Å². The van der Waals surface area contributed by atoms with Gasteiger partial charge in [-0.3, -0.25) is 4.55 Å². The molecule has 5 unspecified atom stereocenters. The second-order valence-electron chi connectivity index (χ2n) is 5.07. The molecule has 2 saturated carbocycles. The van der Waals surface area contributed by atoms with Crippen LogP contribution in [0.15, 0.2) is 0 Å². The van der Waals surface area contributed by atoms with Gasteiger partial charge in [-0.1, -0.05) is 0 Å². The second kappa shape index (κ2) is 4.25. The van der Waals surface area contributed by atoms with Gasteiger partial charge in [0.1, 0.15) is 0 Å². The Kier molecular flexibility index (Phi) is 3.27. The zero-order chi connectivity index (χ0) is 11.9. The van der Waals surface area contributed by atoms with Crippen LogP contribution in [0.5, 0.6) is 0 Å². The van der Waals surface area contributed by atoms with Crippen molar-refractivity contribution in [3.05, 3.63) is 0 Å². The maximum atomic E-state index is 11.1. The summed E-state index contributed by atoms with van der Waals surface area (Å²) in [5.41, 5.74) is 0. The van der Waals surface area contributed by atoms with Crippen LogP contribution in [0.4, 0.5) is 0 Å². The summed E-state index contributed by atoms with van der Waals surface area (Å²) >= 11 is 0. The van der Waals surface area contributed by atoms with E-state index in [1.807, 2.05) is 0 Å². The average molecular weight is 250 g/mol. The molecule has 0 spiro atoms. The van der Waals surface area contributed by atoms with Crippen LogP contribution in [-0.4, -0.2) is 40.6 Å². The van der Waals surface area contributed by atoms with E-state index in [4.69, 9.17) is 4.55 Å². The summed E-state index contributed by atoms with van der Waals surface area (Å²) in [5.74, 6) is 0.0980. The first-order valence-electron chi connectivity index (χ1n) is 5.70. The smallest absolute Gasteiger partial charge is 0.267 e. The minimum atomic E-state index is -4.05. The molecule has 94 valence electrons. The molecule has 0 bridgehead atoms. The number of hydrogen-bond donors (Lipinski definition) is 3. The quantitative estimate of drug-likeness (QED) is 0.577. The van der Waals surface area contributed by atoms with E-state index in [0.29, 0.717) is 19.3 Å². The summed E-state index contributed by atoms with van der Waals surface area (Å²) in [6.07, 6.45) is 1.34. The van der Waals surface area contributed by atoms with Crippen LogP contribution in [0, 0.1) is 11.8 Å². The van der Waals surface area contributed by atoms with E-state index in [0.717, 1.165) is 6.42 Å². The van der Waals surface area contributed by atoms with Gasteiger partial charge in [-0.15, -0.1) is 0 Å². The predicted molar refractivity (Wildman–Crippen MR) is 57.4 cm³/mol. The van der Waals surface area contributed by atoms with Crippen LogP contribution in [0.3, 0.4) is 0 Å². The zero-order valence-electron chi connectivity index (χ0n) is 8.99. The van der Waals surface area contributed by atoms with Crippen molar-refractivity contribution < 1.29 is 23.2 Å². The molecule has 2 aliphatic carbocycles. The molecule has 0 aromatic heterocycles. The lowest BCUT2D eigenvalue weighted by molar-refractivity contribution is -0.0295. The zero-order valence-corrected chi connectivity index (χ0v) is 9.81. The van der Waals surface area contributed by atoms with Crippen LogP contribution in [0.1, 0.15) is 32.1 Å². The Morgan fingerprint density at radius 2 is 1.69 bits per heavy atom. The van der Waals surface area contributed by atoms with E-state index in [9.17, 15) is 18.6 Å². The maximum Gasteiger partial charge on any atom is 0.267 e. The second-order valence-corrected chi connectivity index (χ2v) is 6.76. The monoisotopic (exact) mass is 250 g/mol. The molecule has 0 saturated heterocycles. The summed E-state index contributed by atoms with van der Waals surface area (Å²) in [6.45, 7) is 0. The maximum absolute atomic E-state index is 11.1. The van der Waals surface area contributed by atoms with E-state index < -0.39 is 21.5 Å². The summed E-state index contributed by atoms with van der Waals surface area (Å²) in [4.78, 5) is 0. The Bertz CT molecular complexity index is 352. The van der Waals surface area contributed by atoms with Gasteiger partial charge in [0.05, 0.1) is 17.5 Å². The average Bonchev–Trinajstić information content (AvgIpc) is 2.17. The van der Waals surface area contributed by atoms with Gasteiger partial charge in [0.25, 0.3) is 10.1 Å². The highest BCUT2D eigenvalue weighted by atomic mass is 32.2. The van der Waals surface area contributed by atoms with E-state index >= 15 is 0 Å². The van der Waals surface area contributed by atoms with E-state index in [1.54, 1.807) is 0 Å². The molecule has 5 nitrogen and oxygen atoms in total. The number of aliphatic hydroxyl groups excluding tert-OH is 2. The van der Waals surface area contributed by atoms with Crippen LogP contribution in [0.2, 0.25) is 0 Å². The lowest BCUT2D eigenvalue weighted by Gasteiger charge is -2.42. The standard InChI is InChI=1S/C10H18O5S/c11-7-2-1-6-3-8(16(13,14)15)5-10(12)9(6)4-7/h6-12H,1-5H2,(H,13,14,15). The first kappa shape index (κ1) is 12.3. The Hall–Kier alpha value is -0.170. The summed E-state index contributed by atoms with van der Waals surface area (Å²) < 4.78 is 31.1. The molecule has 0 aromatic rings. The number of hydrogen-bond acceptors (Lipinski definition) is 4. The van der Waals surface area contributed by atoms with Crippen molar-refractivity contribution in [3.8, 4) is 0 Å². The SMILES string of the molecule is O=S(=O)(O)C1CC(O)C2CC(O)CCC2C1. The molecule has 2 fully saturated rings. The van der Waals surface area contributed by atoms with Gasteiger partial charge in [-0.25, -0.2) is 0 Å². The fraction of sp³-hybridized carbons (Fsp3) is 1.00. The largest absolute Gasteiger partial charge is 0.393 e. The Morgan fingerprint density at radius 1 is 1.00 bits per heavy atom. The molecular formula is C10H18O5S. The number of aliphatic hydroxyl groups is 2. The van der Waals surface area contributed by atoms with Gasteiger partial charge in [0.15, 0.2) is 0 Å². The van der Waals surface area contributed by atoms with Gasteiger partial charge >= 0.3 is 0 Å². The number of rotatable bonds is 1. The molecule has 16 heavy (non-hydrogen) atoms. The van der Waals surface area contributed by atoms with Gasteiger partial charge in [-0.2, -0.15) is 8.42 Å². The molecule has 3 N–H and O–H groups in total. The topological polar surface area (TPSA) is 94.8 Å². The Balaban J connectivity index is 2.11. The number of fused-ring (bicyclic) bond motifs is 1. The lowest BCUT2D eigenvalue weighted by atomic mass is 9.68. The predicted octanol–water partition coefficient (Wildman–Crippen LogP) is 0.175. The van der Waals surface area contributed by atoms with Gasteiger partial charge < -0.3 is 10.2 Å². The van der Waals surface area contributed by atoms with E-state index in [1.165, 1.54) is 0 Å². The third-order valence-electron chi connectivity index (χ3n) is 4.01. The highest BCUT2D eigenvalue weighted by molar-refractivity contribution is 7.86. The van der Waals surface area contributed by atoms with Crippen LogP contribution in [0.25, 0.3) is 0 Å². The van der Waals surface area contributed by atoms with Crippen molar-refractivity contribution in [2.75, 3.05) is 0 Å². The van der Waals surface area contributed by atoms with Crippen molar-refractivity contribution in [1.29, 1.82) is 0 Å². The lowest BCUT2D eigenvalue weighted by Crippen LogP contribution is -2.45. The first-order chi connectivity index (χ1) is 7.38. The normalized spacial score (nSPS) is 45.1. The molecule has 0 radical (unpaired) electrons. The molecule has 2 aliphatic rings. The van der Waals surface area contributed by atoms with E-state index in [2.05, 4.69) is 0 Å². The Morgan fingerprint density at radius 3 is 2.31 bits per heavy atom. The van der Waals surface area contributed by atoms with E-state index in [-0.39, 0.29) is 24.4 Å². The van der Waals surface area contributed by atoms with Gasteiger partial charge in [-0.05, 0) is 43.9 Å². The summed E-state index contributed by atoms with van der Waals surface area (Å²) in [6, 6.07) is 0. The van der Waals surface area contributed by atoms with Crippen molar-refractivity contribution in [3.63, 3.8) is 0 Å². The van der Waals surface area contributed by atoms with Crippen molar-refractivity contribution in [1.82, 2.24) is 0 Å². The molecule has 2 rings (SSSR count). The van der Waals surface area contributed by atoms with Crippen molar-refractivity contribution >= 4 is 10.1 Å². The Labute approximate surface area is 95.2 Å². The fourth-order valence-electron chi connectivity index (χ4n) is 3.13. The van der Waals surface area contributed by atoms with Crippen molar-refractivity contribution in [2.24, 2.45) is 11.8 Å². The molecule has 5 atom stereocenters. The molecule has 0 heterocycles. The van der Waals surface area contributed by atoms with Crippen molar-refractivity contribution in [2.45, 2.75) is 49.6 Å². The van der Waals surface area contributed by atoms with Crippen LogP contribution < -0.4 is 0 Å².